The summed E-state index contributed by atoms with van der Waals surface area (Å²) < 4.78 is 42.9. The molecule has 3 heterocycles. The van der Waals surface area contributed by atoms with Crippen molar-refractivity contribution in [3.05, 3.63) is 117 Å². The van der Waals surface area contributed by atoms with Gasteiger partial charge in [-0.25, -0.2) is 27.3 Å². The van der Waals surface area contributed by atoms with Crippen molar-refractivity contribution in [3.63, 3.8) is 0 Å². The van der Waals surface area contributed by atoms with E-state index in [-0.39, 0.29) is 23.7 Å². The van der Waals surface area contributed by atoms with E-state index in [4.69, 9.17) is 0 Å². The molecule has 0 saturated carbocycles. The van der Waals surface area contributed by atoms with Gasteiger partial charge in [-0.15, -0.1) is 0 Å². The number of halogens is 3. The second kappa shape index (κ2) is 10.7. The normalized spacial score (nSPS) is 11.3. The Labute approximate surface area is 234 Å². The number of pyridine rings is 1. The average molecular weight is 569 g/mol. The van der Waals surface area contributed by atoms with Gasteiger partial charge in [0, 0.05) is 34.2 Å². The Bertz CT molecular complexity index is 2140. The minimum atomic E-state index is -2.58. The minimum Gasteiger partial charge on any atom is -0.325 e. The zero-order valence-corrected chi connectivity index (χ0v) is 21.6. The number of fused-ring (bicyclic) bond motifs is 2. The minimum absolute atomic E-state index is 0.128. The van der Waals surface area contributed by atoms with Gasteiger partial charge in [0.25, 0.3) is 6.43 Å². The maximum atomic E-state index is 14.0. The molecule has 10 nitrogen and oxygen atoms in total. The first-order valence-corrected chi connectivity index (χ1v) is 12.6. The molecule has 0 amide bonds. The Morgan fingerprint density at radius 3 is 2.64 bits per heavy atom. The van der Waals surface area contributed by atoms with Crippen LogP contribution in [0.5, 0.6) is 0 Å². The van der Waals surface area contributed by atoms with Gasteiger partial charge in [-0.05, 0) is 35.9 Å². The number of anilines is 2. The molecule has 6 rings (SSSR count). The SMILES string of the molecule is N#Cc1cc(Cn2c(Nc3ccc4nn(CC(F)F)cc4c3)nc(=O)n(-c3cncc4ccccc34)c2=O)ccc1F. The van der Waals surface area contributed by atoms with Crippen molar-refractivity contribution < 1.29 is 13.2 Å². The van der Waals surface area contributed by atoms with Crippen LogP contribution in [0.15, 0.2) is 88.8 Å². The van der Waals surface area contributed by atoms with Crippen LogP contribution in [0.25, 0.3) is 27.4 Å². The number of hydrogen-bond donors (Lipinski definition) is 1. The van der Waals surface area contributed by atoms with Crippen LogP contribution in [0.3, 0.4) is 0 Å². The zero-order valence-electron chi connectivity index (χ0n) is 21.6. The molecule has 0 radical (unpaired) electrons. The standard InChI is InChI=1S/C29H19F3N8O2/c30-23-7-5-17(9-19(23)11-33)14-39-27(35-21-6-8-24-20(10-21)15-38(37-24)16-26(31)32)36-28(41)40(29(39)42)25-13-34-12-18-3-1-2-4-22(18)25/h1-10,12-13,15,26H,14,16H2,(H,35,36,41). The van der Waals surface area contributed by atoms with E-state index in [1.807, 2.05) is 0 Å². The highest BCUT2D eigenvalue weighted by atomic mass is 19.3. The number of alkyl halides is 2. The van der Waals surface area contributed by atoms with Gasteiger partial charge in [0.2, 0.25) is 5.95 Å². The van der Waals surface area contributed by atoms with Gasteiger partial charge in [-0.2, -0.15) is 15.3 Å². The van der Waals surface area contributed by atoms with Crippen molar-refractivity contribution in [1.29, 1.82) is 5.26 Å². The van der Waals surface area contributed by atoms with Gasteiger partial charge >= 0.3 is 11.4 Å². The number of hydrogen-bond acceptors (Lipinski definition) is 7. The highest BCUT2D eigenvalue weighted by molar-refractivity contribution is 5.89. The predicted octanol–water partition coefficient (Wildman–Crippen LogP) is 4.36. The zero-order chi connectivity index (χ0) is 29.4. The second-order valence-electron chi connectivity index (χ2n) is 9.37. The fourth-order valence-electron chi connectivity index (χ4n) is 4.67. The molecular formula is C29H19F3N8O2. The summed E-state index contributed by atoms with van der Waals surface area (Å²) in [5.74, 6) is -0.839. The van der Waals surface area contributed by atoms with E-state index in [0.29, 0.717) is 32.9 Å². The van der Waals surface area contributed by atoms with Crippen molar-refractivity contribution in [1.82, 2.24) is 28.9 Å². The molecule has 3 aromatic heterocycles. The smallest absolute Gasteiger partial charge is 0.325 e. The molecule has 1 N–H and O–H groups in total. The Morgan fingerprint density at radius 2 is 1.83 bits per heavy atom. The lowest BCUT2D eigenvalue weighted by atomic mass is 10.1. The lowest BCUT2D eigenvalue weighted by Crippen LogP contribution is -2.42. The first-order chi connectivity index (χ1) is 20.3. The monoisotopic (exact) mass is 568 g/mol. The molecule has 0 fully saturated rings. The van der Waals surface area contributed by atoms with Gasteiger partial charge in [0.15, 0.2) is 0 Å². The van der Waals surface area contributed by atoms with Crippen molar-refractivity contribution >= 4 is 33.3 Å². The lowest BCUT2D eigenvalue weighted by molar-refractivity contribution is 0.122. The molecule has 0 saturated heterocycles. The maximum Gasteiger partial charge on any atom is 0.359 e. The molecule has 0 spiro atoms. The third-order valence-electron chi connectivity index (χ3n) is 6.58. The van der Waals surface area contributed by atoms with E-state index in [2.05, 4.69) is 20.4 Å². The molecule has 13 heteroatoms. The molecule has 6 aromatic rings. The average Bonchev–Trinajstić information content (AvgIpc) is 3.37. The topological polar surface area (TPSA) is 123 Å². The van der Waals surface area contributed by atoms with E-state index in [9.17, 15) is 28.0 Å². The van der Waals surface area contributed by atoms with Crippen molar-refractivity contribution in [2.24, 2.45) is 0 Å². The summed E-state index contributed by atoms with van der Waals surface area (Å²) in [5.41, 5.74) is -0.337. The van der Waals surface area contributed by atoms with Crippen molar-refractivity contribution in [2.75, 3.05) is 5.32 Å². The number of nitrogens with zero attached hydrogens (tertiary/aromatic N) is 7. The van der Waals surface area contributed by atoms with E-state index < -0.39 is 30.2 Å². The fourth-order valence-corrected chi connectivity index (χ4v) is 4.67. The summed E-state index contributed by atoms with van der Waals surface area (Å²) in [6.07, 6.45) is 1.88. The summed E-state index contributed by atoms with van der Waals surface area (Å²) in [5, 5.41) is 18.2. The molecule has 3 aromatic carbocycles. The largest absolute Gasteiger partial charge is 0.359 e. The summed E-state index contributed by atoms with van der Waals surface area (Å²) in [6.45, 7) is -0.738. The third-order valence-corrected chi connectivity index (χ3v) is 6.58. The Kier molecular flexibility index (Phi) is 6.71. The van der Waals surface area contributed by atoms with E-state index >= 15 is 0 Å². The number of nitriles is 1. The Hall–Kier alpha value is -5.77. The lowest BCUT2D eigenvalue weighted by Gasteiger charge is -2.16. The molecular weight excluding hydrogens is 549 g/mol. The highest BCUT2D eigenvalue weighted by Gasteiger charge is 2.18. The highest BCUT2D eigenvalue weighted by Crippen LogP contribution is 2.23. The Balaban J connectivity index is 1.50. The quantitative estimate of drug-likeness (QED) is 0.304. The van der Waals surface area contributed by atoms with Gasteiger partial charge in [0.1, 0.15) is 18.4 Å². The van der Waals surface area contributed by atoms with Crippen LogP contribution < -0.4 is 16.7 Å². The molecule has 0 unspecified atom stereocenters. The van der Waals surface area contributed by atoms with Crippen LogP contribution in [0.2, 0.25) is 0 Å². The molecule has 0 aliphatic heterocycles. The van der Waals surface area contributed by atoms with Crippen LogP contribution in [0.1, 0.15) is 11.1 Å². The second-order valence-corrected chi connectivity index (χ2v) is 9.37. The van der Waals surface area contributed by atoms with E-state index in [0.717, 1.165) is 15.3 Å². The molecule has 0 aliphatic carbocycles. The molecule has 0 bridgehead atoms. The summed E-state index contributed by atoms with van der Waals surface area (Å²) in [4.78, 5) is 35.7. The number of aromatic nitrogens is 6. The maximum absolute atomic E-state index is 14.0. The Morgan fingerprint density at radius 1 is 1.00 bits per heavy atom. The van der Waals surface area contributed by atoms with Crippen LogP contribution in [0, 0.1) is 17.1 Å². The number of rotatable bonds is 7. The molecule has 208 valence electrons. The molecule has 0 aliphatic rings. The molecule has 42 heavy (non-hydrogen) atoms. The van der Waals surface area contributed by atoms with Crippen molar-refractivity contribution in [3.8, 4) is 11.8 Å². The molecule has 0 atom stereocenters. The predicted molar refractivity (Wildman–Crippen MR) is 149 cm³/mol. The van der Waals surface area contributed by atoms with Gasteiger partial charge in [0.05, 0.1) is 29.5 Å². The first-order valence-electron chi connectivity index (χ1n) is 12.6. The van der Waals surface area contributed by atoms with Crippen LogP contribution in [-0.2, 0) is 13.1 Å². The van der Waals surface area contributed by atoms with E-state index in [1.165, 1.54) is 29.1 Å². The van der Waals surface area contributed by atoms with Crippen LogP contribution in [-0.4, -0.2) is 35.3 Å². The van der Waals surface area contributed by atoms with Crippen molar-refractivity contribution in [2.45, 2.75) is 19.5 Å². The van der Waals surface area contributed by atoms with Gasteiger partial charge in [-0.3, -0.25) is 14.2 Å². The number of nitrogens with one attached hydrogen (secondary N) is 1. The van der Waals surface area contributed by atoms with Gasteiger partial charge in [-0.1, -0.05) is 30.3 Å². The first kappa shape index (κ1) is 26.5. The van der Waals surface area contributed by atoms with Crippen LogP contribution >= 0.6 is 0 Å². The summed E-state index contributed by atoms with van der Waals surface area (Å²) in [7, 11) is 0. The third kappa shape index (κ3) is 4.97. The fraction of sp³-hybridized carbons (Fsp3) is 0.103. The summed E-state index contributed by atoms with van der Waals surface area (Å²) >= 11 is 0. The summed E-state index contributed by atoms with van der Waals surface area (Å²) in [6, 6.07) is 17.6. The number of benzene rings is 3. The van der Waals surface area contributed by atoms with Gasteiger partial charge < -0.3 is 5.32 Å². The van der Waals surface area contributed by atoms with E-state index in [1.54, 1.807) is 54.7 Å². The van der Waals surface area contributed by atoms with Crippen LogP contribution in [0.4, 0.5) is 24.8 Å².